The molecule has 1 rings (SSSR count). The molecule has 0 aromatic heterocycles. The van der Waals surface area contributed by atoms with Crippen LogP contribution >= 0.6 is 0 Å². The molecule has 0 saturated carbocycles. The minimum Gasteiger partial charge on any atom is -0.280 e. The predicted octanol–water partition coefficient (Wildman–Crippen LogP) is 1.58. The number of rotatable bonds is 0. The van der Waals surface area contributed by atoms with Crippen molar-refractivity contribution in [3.05, 3.63) is 0 Å². The van der Waals surface area contributed by atoms with Crippen molar-refractivity contribution in [2.45, 2.75) is 24.8 Å². The van der Waals surface area contributed by atoms with E-state index in [9.17, 15) is 22.0 Å². The zero-order chi connectivity index (χ0) is 7.94. The summed E-state index contributed by atoms with van der Waals surface area (Å²) in [6.45, 7) is 0. The van der Waals surface area contributed by atoms with E-state index in [-0.39, 0.29) is 0 Å². The predicted molar refractivity (Wildman–Crippen MR) is 20.7 cm³/mol. The van der Waals surface area contributed by atoms with E-state index in [1.165, 1.54) is 0 Å². The molecule has 0 aromatic carbocycles. The fraction of sp³-hybridized carbons (Fsp3) is 1.00. The summed E-state index contributed by atoms with van der Waals surface area (Å²) in [5, 5.41) is 0. The van der Waals surface area contributed by atoms with E-state index in [1.54, 1.807) is 0 Å². The van der Waals surface area contributed by atoms with Crippen LogP contribution in [0.2, 0.25) is 0 Å². The molecule has 0 unspecified atom stereocenters. The average Bonchev–Trinajstić information content (AvgIpc) is 1.95. The third-order valence-electron chi connectivity index (χ3n) is 1.12. The van der Waals surface area contributed by atoms with Crippen LogP contribution in [-0.4, -0.2) is 24.8 Å². The molecule has 0 bridgehead atoms. The number of halogens is 5. The van der Waals surface area contributed by atoms with Gasteiger partial charge in [0.2, 0.25) is 12.5 Å². The summed E-state index contributed by atoms with van der Waals surface area (Å²) in [5.74, 6) is 0. The lowest BCUT2D eigenvalue weighted by atomic mass is 10.3. The van der Waals surface area contributed by atoms with Crippen molar-refractivity contribution in [2.24, 2.45) is 0 Å². The van der Waals surface area contributed by atoms with Gasteiger partial charge in [-0.15, -0.1) is 0 Å². The Morgan fingerprint density at radius 1 is 1.10 bits per heavy atom. The molecule has 0 aromatic rings. The van der Waals surface area contributed by atoms with Gasteiger partial charge in [-0.25, -0.2) is 13.2 Å². The monoisotopic (exact) mass is 162 g/mol. The van der Waals surface area contributed by atoms with E-state index < -0.39 is 24.8 Å². The highest BCUT2D eigenvalue weighted by atomic mass is 19.3. The molecule has 1 saturated heterocycles. The molecule has 1 aliphatic heterocycles. The highest BCUT2D eigenvalue weighted by Crippen LogP contribution is 2.38. The number of ether oxygens (including phenoxy) is 1. The molecule has 1 fully saturated rings. The summed E-state index contributed by atoms with van der Waals surface area (Å²) in [5.41, 5.74) is 0. The Hall–Kier alpha value is -0.390. The lowest BCUT2D eigenvalue weighted by Gasteiger charge is -2.07. The lowest BCUT2D eigenvalue weighted by Crippen LogP contribution is -2.29. The van der Waals surface area contributed by atoms with Crippen molar-refractivity contribution >= 4 is 0 Å². The van der Waals surface area contributed by atoms with Crippen molar-refractivity contribution in [1.82, 2.24) is 0 Å². The SMILES string of the molecule is F[C@H]1[C@@H](F)C(F)(F)O[C@@H]1F. The van der Waals surface area contributed by atoms with Crippen LogP contribution in [0.3, 0.4) is 0 Å². The van der Waals surface area contributed by atoms with Gasteiger partial charge < -0.3 is 0 Å². The van der Waals surface area contributed by atoms with Crippen molar-refractivity contribution < 1.29 is 26.7 Å². The molecule has 10 heavy (non-hydrogen) atoms. The van der Waals surface area contributed by atoms with Crippen LogP contribution in [0, 0.1) is 0 Å². The number of hydrogen-bond acceptors (Lipinski definition) is 1. The minimum absolute atomic E-state index is 2.86. The van der Waals surface area contributed by atoms with Crippen LogP contribution in [-0.2, 0) is 4.74 Å². The molecule has 0 spiro atoms. The van der Waals surface area contributed by atoms with E-state index in [0.29, 0.717) is 0 Å². The summed E-state index contributed by atoms with van der Waals surface area (Å²) in [6.07, 6.45) is -13.2. The second-order valence-electron chi connectivity index (χ2n) is 1.88. The third-order valence-corrected chi connectivity index (χ3v) is 1.12. The van der Waals surface area contributed by atoms with Gasteiger partial charge in [-0.2, -0.15) is 8.78 Å². The van der Waals surface area contributed by atoms with Crippen LogP contribution < -0.4 is 0 Å². The Kier molecular flexibility index (Phi) is 1.58. The maximum Gasteiger partial charge on any atom is 0.392 e. The highest BCUT2D eigenvalue weighted by Gasteiger charge is 2.59. The molecular weight excluding hydrogens is 159 g/mol. The van der Waals surface area contributed by atoms with Crippen LogP contribution in [0.25, 0.3) is 0 Å². The summed E-state index contributed by atoms with van der Waals surface area (Å²) < 4.78 is 62.0. The molecule has 0 amide bonds. The van der Waals surface area contributed by atoms with Crippen molar-refractivity contribution in [1.29, 1.82) is 0 Å². The third kappa shape index (κ3) is 0.960. The van der Waals surface area contributed by atoms with E-state index in [4.69, 9.17) is 0 Å². The number of hydrogen-bond donors (Lipinski definition) is 0. The highest BCUT2D eigenvalue weighted by molar-refractivity contribution is 4.85. The molecular formula is C4H3F5O. The van der Waals surface area contributed by atoms with Gasteiger partial charge in [0.25, 0.3) is 0 Å². The van der Waals surface area contributed by atoms with Gasteiger partial charge in [-0.3, -0.25) is 4.74 Å². The molecule has 3 atom stereocenters. The van der Waals surface area contributed by atoms with Gasteiger partial charge in [0.15, 0.2) is 6.17 Å². The summed E-state index contributed by atoms with van der Waals surface area (Å²) in [6, 6.07) is 0. The van der Waals surface area contributed by atoms with Gasteiger partial charge in [-0.05, 0) is 0 Å². The molecule has 1 heterocycles. The van der Waals surface area contributed by atoms with E-state index in [1.807, 2.05) is 0 Å². The second-order valence-corrected chi connectivity index (χ2v) is 1.88. The van der Waals surface area contributed by atoms with Gasteiger partial charge in [0, 0.05) is 0 Å². The molecule has 1 nitrogen and oxygen atoms in total. The van der Waals surface area contributed by atoms with E-state index >= 15 is 0 Å². The first-order valence-corrected chi connectivity index (χ1v) is 2.43. The van der Waals surface area contributed by atoms with Gasteiger partial charge in [0.1, 0.15) is 0 Å². The first-order chi connectivity index (χ1) is 4.45. The van der Waals surface area contributed by atoms with Crippen molar-refractivity contribution in [3.63, 3.8) is 0 Å². The van der Waals surface area contributed by atoms with Crippen molar-refractivity contribution in [2.75, 3.05) is 0 Å². The van der Waals surface area contributed by atoms with E-state index in [0.717, 1.165) is 0 Å². The fourth-order valence-electron chi connectivity index (χ4n) is 0.598. The maximum atomic E-state index is 11.9. The van der Waals surface area contributed by atoms with Crippen molar-refractivity contribution in [3.8, 4) is 0 Å². The molecule has 6 heteroatoms. The lowest BCUT2D eigenvalue weighted by molar-refractivity contribution is -0.264. The Morgan fingerprint density at radius 3 is 1.70 bits per heavy atom. The fourth-order valence-corrected chi connectivity index (χ4v) is 0.598. The number of alkyl halides is 5. The first kappa shape index (κ1) is 7.71. The molecule has 60 valence electrons. The summed E-state index contributed by atoms with van der Waals surface area (Å²) in [4.78, 5) is 0. The Labute approximate surface area is 52.8 Å². The average molecular weight is 162 g/mol. The largest absolute Gasteiger partial charge is 0.392 e. The minimum atomic E-state index is -4.32. The quantitative estimate of drug-likeness (QED) is 0.491. The normalized spacial score (nSPS) is 45.9. The van der Waals surface area contributed by atoms with Crippen LogP contribution in [0.15, 0.2) is 0 Å². The Balaban J connectivity index is 2.71. The van der Waals surface area contributed by atoms with Gasteiger partial charge >= 0.3 is 6.11 Å². The topological polar surface area (TPSA) is 9.23 Å². The Bertz CT molecular complexity index is 138. The molecule has 1 aliphatic rings. The van der Waals surface area contributed by atoms with Crippen LogP contribution in [0.5, 0.6) is 0 Å². The van der Waals surface area contributed by atoms with Gasteiger partial charge in [-0.1, -0.05) is 0 Å². The second kappa shape index (κ2) is 2.05. The zero-order valence-corrected chi connectivity index (χ0v) is 4.53. The standard InChI is InChI=1S/C4H3F5O/c5-1-2(6)4(8,9)10-3(1)7/h1-3H/t1-,2+,3-/m0/s1. The van der Waals surface area contributed by atoms with E-state index in [2.05, 4.69) is 4.74 Å². The maximum absolute atomic E-state index is 11.9. The molecule has 0 aliphatic carbocycles. The summed E-state index contributed by atoms with van der Waals surface area (Å²) in [7, 11) is 0. The molecule has 0 radical (unpaired) electrons. The zero-order valence-electron chi connectivity index (χ0n) is 4.53. The summed E-state index contributed by atoms with van der Waals surface area (Å²) >= 11 is 0. The van der Waals surface area contributed by atoms with Crippen LogP contribution in [0.4, 0.5) is 22.0 Å². The van der Waals surface area contributed by atoms with Gasteiger partial charge in [0.05, 0.1) is 0 Å². The molecule has 0 N–H and O–H groups in total. The Morgan fingerprint density at radius 2 is 1.60 bits per heavy atom. The van der Waals surface area contributed by atoms with Crippen LogP contribution in [0.1, 0.15) is 0 Å². The smallest absolute Gasteiger partial charge is 0.280 e. The first-order valence-electron chi connectivity index (χ1n) is 2.43.